The van der Waals surface area contributed by atoms with E-state index in [1.54, 1.807) is 11.3 Å². The monoisotopic (exact) mass is 343 g/mol. The fourth-order valence-corrected chi connectivity index (χ4v) is 4.03. The van der Waals surface area contributed by atoms with Gasteiger partial charge < -0.3 is 9.64 Å². The molecule has 3 heterocycles. The van der Waals surface area contributed by atoms with Gasteiger partial charge in [0.05, 0.1) is 10.7 Å². The molecule has 1 atom stereocenters. The molecule has 5 nitrogen and oxygen atoms in total. The molecule has 1 aromatic heterocycles. The highest BCUT2D eigenvalue weighted by molar-refractivity contribution is 7.09. The Balaban J connectivity index is 1.35. The van der Waals surface area contributed by atoms with Gasteiger partial charge in [-0.1, -0.05) is 18.2 Å². The number of carbonyl (C=O) groups is 1. The standard InChI is InChI=1S/C18H21N3O2S/c1-13-19-14(12-24-13)10-20-6-8-21(9-7-20)18(22)16-11-23-17-5-3-2-4-15(16)17/h2-5,12,16H,6-11H2,1H3/t16-/m0/s1. The molecule has 126 valence electrons. The van der Waals surface area contributed by atoms with Crippen LogP contribution in [0.15, 0.2) is 29.6 Å². The summed E-state index contributed by atoms with van der Waals surface area (Å²) >= 11 is 1.69. The number of ether oxygens (including phenoxy) is 1. The number of rotatable bonds is 3. The predicted octanol–water partition coefficient (Wildman–Crippen LogP) is 2.27. The van der Waals surface area contributed by atoms with E-state index >= 15 is 0 Å². The molecule has 1 fully saturated rings. The number of aryl methyl sites for hydroxylation is 1. The van der Waals surface area contributed by atoms with Crippen LogP contribution in [0.4, 0.5) is 0 Å². The van der Waals surface area contributed by atoms with E-state index in [2.05, 4.69) is 15.3 Å². The van der Waals surface area contributed by atoms with Crippen molar-refractivity contribution in [3.05, 3.63) is 45.9 Å². The van der Waals surface area contributed by atoms with Gasteiger partial charge in [-0.15, -0.1) is 11.3 Å². The number of aromatic nitrogens is 1. The highest BCUT2D eigenvalue weighted by Gasteiger charge is 2.34. The smallest absolute Gasteiger partial charge is 0.233 e. The van der Waals surface area contributed by atoms with Gasteiger partial charge in [0.1, 0.15) is 18.3 Å². The molecule has 0 bridgehead atoms. The fraction of sp³-hybridized carbons (Fsp3) is 0.444. The lowest BCUT2D eigenvalue weighted by Crippen LogP contribution is -2.49. The molecule has 1 amide bonds. The van der Waals surface area contributed by atoms with Crippen LogP contribution in [-0.2, 0) is 11.3 Å². The van der Waals surface area contributed by atoms with Crippen LogP contribution < -0.4 is 4.74 Å². The minimum atomic E-state index is -0.144. The number of carbonyl (C=O) groups excluding carboxylic acids is 1. The van der Waals surface area contributed by atoms with Gasteiger partial charge in [-0.25, -0.2) is 4.98 Å². The third kappa shape index (κ3) is 3.03. The van der Waals surface area contributed by atoms with Gasteiger partial charge in [-0.05, 0) is 13.0 Å². The largest absolute Gasteiger partial charge is 0.492 e. The summed E-state index contributed by atoms with van der Waals surface area (Å²) in [5.74, 6) is 0.909. The minimum absolute atomic E-state index is 0.144. The van der Waals surface area contributed by atoms with Gasteiger partial charge in [-0.2, -0.15) is 0 Å². The Hall–Kier alpha value is -1.92. The van der Waals surface area contributed by atoms with Crippen LogP contribution in [0.25, 0.3) is 0 Å². The maximum Gasteiger partial charge on any atom is 0.233 e. The van der Waals surface area contributed by atoms with E-state index in [1.807, 2.05) is 36.1 Å². The van der Waals surface area contributed by atoms with E-state index in [4.69, 9.17) is 4.74 Å². The Morgan fingerprint density at radius 1 is 1.29 bits per heavy atom. The van der Waals surface area contributed by atoms with Crippen molar-refractivity contribution < 1.29 is 9.53 Å². The lowest BCUT2D eigenvalue weighted by Gasteiger charge is -2.35. The van der Waals surface area contributed by atoms with Crippen molar-refractivity contribution in [2.45, 2.75) is 19.4 Å². The predicted molar refractivity (Wildman–Crippen MR) is 93.4 cm³/mol. The summed E-state index contributed by atoms with van der Waals surface area (Å²) in [6.45, 7) is 6.74. The number of nitrogens with zero attached hydrogens (tertiary/aromatic N) is 3. The Morgan fingerprint density at radius 2 is 2.08 bits per heavy atom. The van der Waals surface area contributed by atoms with Crippen molar-refractivity contribution in [2.24, 2.45) is 0 Å². The lowest BCUT2D eigenvalue weighted by molar-refractivity contribution is -0.134. The van der Waals surface area contributed by atoms with E-state index < -0.39 is 0 Å². The van der Waals surface area contributed by atoms with Gasteiger partial charge >= 0.3 is 0 Å². The van der Waals surface area contributed by atoms with Crippen molar-refractivity contribution in [3.63, 3.8) is 0 Å². The molecule has 1 aromatic carbocycles. The summed E-state index contributed by atoms with van der Waals surface area (Å²) in [5, 5.41) is 3.23. The molecule has 2 aliphatic rings. The Bertz CT molecular complexity index is 737. The molecule has 4 rings (SSSR count). The number of amides is 1. The molecular weight excluding hydrogens is 322 g/mol. The van der Waals surface area contributed by atoms with E-state index in [-0.39, 0.29) is 11.8 Å². The third-order valence-corrected chi connectivity index (χ3v) is 5.56. The number of fused-ring (bicyclic) bond motifs is 1. The number of thiazole rings is 1. The van der Waals surface area contributed by atoms with Gasteiger partial charge in [0.2, 0.25) is 5.91 Å². The van der Waals surface area contributed by atoms with Crippen LogP contribution in [0, 0.1) is 6.92 Å². The quantitative estimate of drug-likeness (QED) is 0.858. The molecule has 1 saturated heterocycles. The summed E-state index contributed by atoms with van der Waals surface area (Å²) in [7, 11) is 0. The molecule has 6 heteroatoms. The number of hydrogen-bond donors (Lipinski definition) is 0. The molecule has 0 unspecified atom stereocenters. The zero-order chi connectivity index (χ0) is 16.5. The summed E-state index contributed by atoms with van der Waals surface area (Å²) in [6, 6.07) is 7.87. The van der Waals surface area contributed by atoms with Crippen LogP contribution >= 0.6 is 11.3 Å². The SMILES string of the molecule is Cc1nc(CN2CCN(C(=O)[C@H]3COc4ccccc43)CC2)cs1. The van der Waals surface area contributed by atoms with Crippen LogP contribution in [0.5, 0.6) is 5.75 Å². The topological polar surface area (TPSA) is 45.7 Å². The first-order valence-corrected chi connectivity index (χ1v) is 9.22. The molecule has 0 radical (unpaired) electrons. The second-order valence-corrected chi connectivity index (χ2v) is 7.42. The third-order valence-electron chi connectivity index (χ3n) is 4.73. The Kier molecular flexibility index (Phi) is 4.24. The van der Waals surface area contributed by atoms with Crippen LogP contribution in [0.1, 0.15) is 22.2 Å². The van der Waals surface area contributed by atoms with Gasteiger partial charge in [0.15, 0.2) is 0 Å². The first kappa shape index (κ1) is 15.6. The van der Waals surface area contributed by atoms with Gasteiger partial charge in [0.25, 0.3) is 0 Å². The molecule has 0 spiro atoms. The second kappa shape index (κ2) is 6.53. The van der Waals surface area contributed by atoms with E-state index in [0.717, 1.165) is 54.7 Å². The van der Waals surface area contributed by atoms with Crippen molar-refractivity contribution >= 4 is 17.2 Å². The van der Waals surface area contributed by atoms with Crippen LogP contribution in [0.3, 0.4) is 0 Å². The Labute approximate surface area is 145 Å². The van der Waals surface area contributed by atoms with E-state index in [9.17, 15) is 4.79 Å². The highest BCUT2D eigenvalue weighted by atomic mass is 32.1. The van der Waals surface area contributed by atoms with Crippen LogP contribution in [-0.4, -0.2) is 53.5 Å². The number of para-hydroxylation sites is 1. The molecular formula is C18H21N3O2S. The maximum atomic E-state index is 12.8. The summed E-state index contributed by atoms with van der Waals surface area (Å²) in [6.07, 6.45) is 0. The normalized spacial score (nSPS) is 20.7. The van der Waals surface area contributed by atoms with E-state index in [1.165, 1.54) is 0 Å². The highest BCUT2D eigenvalue weighted by Crippen LogP contribution is 2.34. The van der Waals surface area contributed by atoms with Crippen LogP contribution in [0.2, 0.25) is 0 Å². The minimum Gasteiger partial charge on any atom is -0.492 e. The van der Waals surface area contributed by atoms with Crippen molar-refractivity contribution in [3.8, 4) is 5.75 Å². The molecule has 24 heavy (non-hydrogen) atoms. The summed E-state index contributed by atoms with van der Waals surface area (Å²) < 4.78 is 5.66. The molecule has 2 aromatic rings. The first-order valence-electron chi connectivity index (χ1n) is 8.34. The second-order valence-electron chi connectivity index (χ2n) is 6.36. The number of piperazine rings is 1. The number of benzene rings is 1. The van der Waals surface area contributed by atoms with Gasteiger partial charge in [0, 0.05) is 43.7 Å². The summed E-state index contributed by atoms with van der Waals surface area (Å²) in [5.41, 5.74) is 2.17. The van der Waals surface area contributed by atoms with Crippen molar-refractivity contribution in [1.29, 1.82) is 0 Å². The molecule has 0 aliphatic carbocycles. The summed E-state index contributed by atoms with van der Waals surface area (Å²) in [4.78, 5) is 21.7. The Morgan fingerprint density at radius 3 is 2.83 bits per heavy atom. The average molecular weight is 343 g/mol. The first-order chi connectivity index (χ1) is 11.7. The molecule has 0 saturated carbocycles. The van der Waals surface area contributed by atoms with Crippen molar-refractivity contribution in [2.75, 3.05) is 32.8 Å². The fourth-order valence-electron chi connectivity index (χ4n) is 3.42. The molecule has 2 aliphatic heterocycles. The maximum absolute atomic E-state index is 12.8. The average Bonchev–Trinajstić information content (AvgIpc) is 3.21. The zero-order valence-electron chi connectivity index (χ0n) is 13.8. The van der Waals surface area contributed by atoms with Gasteiger partial charge in [-0.3, -0.25) is 9.69 Å². The lowest BCUT2D eigenvalue weighted by atomic mass is 9.99. The number of hydrogen-bond acceptors (Lipinski definition) is 5. The molecule has 0 N–H and O–H groups in total. The van der Waals surface area contributed by atoms with E-state index in [0.29, 0.717) is 6.61 Å². The zero-order valence-corrected chi connectivity index (χ0v) is 14.6. The van der Waals surface area contributed by atoms with Crippen molar-refractivity contribution in [1.82, 2.24) is 14.8 Å².